The van der Waals surface area contributed by atoms with E-state index in [1.54, 1.807) is 25.1 Å². The lowest BCUT2D eigenvalue weighted by atomic mass is 10.0. The molecule has 1 N–H and O–H groups in total. The number of ether oxygens (including phenoxy) is 1. The first-order valence-electron chi connectivity index (χ1n) is 5.38. The molecule has 0 spiro atoms. The Kier molecular flexibility index (Phi) is 3.07. The van der Waals surface area contributed by atoms with Crippen molar-refractivity contribution in [3.05, 3.63) is 29.3 Å². The monoisotopic (exact) mass is 252 g/mol. The summed E-state index contributed by atoms with van der Waals surface area (Å²) in [5.74, 6) is -0.329. The van der Waals surface area contributed by atoms with E-state index in [1.165, 1.54) is 0 Å². The highest BCUT2D eigenvalue weighted by atomic mass is 35.5. The predicted octanol–water partition coefficient (Wildman–Crippen LogP) is 2.83. The summed E-state index contributed by atoms with van der Waals surface area (Å²) in [5.41, 5.74) is -0.0367. The third-order valence-electron chi connectivity index (χ3n) is 2.74. The highest BCUT2D eigenvalue weighted by Crippen LogP contribution is 2.24. The van der Waals surface area contributed by atoms with Crippen LogP contribution in [0.25, 0.3) is 0 Å². The van der Waals surface area contributed by atoms with Gasteiger partial charge in [-0.25, -0.2) is 9.79 Å². The van der Waals surface area contributed by atoms with Crippen molar-refractivity contribution in [3.8, 4) is 0 Å². The summed E-state index contributed by atoms with van der Waals surface area (Å²) in [4.78, 5) is 15.8. The first-order valence-corrected chi connectivity index (χ1v) is 5.76. The number of esters is 1. The second-order valence-electron chi connectivity index (χ2n) is 4.07. The van der Waals surface area contributed by atoms with Crippen LogP contribution in [-0.2, 0) is 9.53 Å². The number of hydrogen-bond donors (Lipinski definition) is 1. The fourth-order valence-corrected chi connectivity index (χ4v) is 1.65. The molecule has 1 unspecified atom stereocenters. The van der Waals surface area contributed by atoms with Crippen LogP contribution in [-0.4, -0.2) is 17.5 Å². The maximum Gasteiger partial charge on any atom is 0.341 e. The SMILES string of the molecule is CCC1(C)N=C(Nc2cccc(Cl)c2)OC1=O. The number of carbonyl (C=O) groups excluding carboxylic acids is 1. The summed E-state index contributed by atoms with van der Waals surface area (Å²) >= 11 is 5.85. The predicted molar refractivity (Wildman–Crippen MR) is 67.3 cm³/mol. The Bertz CT molecular complexity index is 487. The minimum absolute atomic E-state index is 0.224. The average Bonchev–Trinajstić information content (AvgIpc) is 2.55. The number of nitrogens with one attached hydrogen (secondary N) is 1. The smallest absolute Gasteiger partial charge is 0.341 e. The molecule has 0 saturated carbocycles. The van der Waals surface area contributed by atoms with Gasteiger partial charge in [-0.2, -0.15) is 0 Å². The lowest BCUT2D eigenvalue weighted by Crippen LogP contribution is -2.28. The van der Waals surface area contributed by atoms with Gasteiger partial charge in [0.15, 0.2) is 5.54 Å². The van der Waals surface area contributed by atoms with Crippen molar-refractivity contribution in [3.63, 3.8) is 0 Å². The number of aliphatic imine (C=N–C) groups is 1. The van der Waals surface area contributed by atoms with Crippen LogP contribution in [0.2, 0.25) is 5.02 Å². The largest absolute Gasteiger partial charge is 0.391 e. The van der Waals surface area contributed by atoms with Crippen LogP contribution in [0.1, 0.15) is 20.3 Å². The Hall–Kier alpha value is -1.55. The van der Waals surface area contributed by atoms with Crippen molar-refractivity contribution >= 4 is 29.3 Å². The third-order valence-corrected chi connectivity index (χ3v) is 2.98. The standard InChI is InChI=1S/C12H13ClN2O2/c1-3-12(2)10(16)17-11(15-12)14-9-6-4-5-8(13)7-9/h4-7H,3H2,1-2H3,(H,14,15). The molecule has 1 aliphatic heterocycles. The molecule has 0 bridgehead atoms. The molecule has 1 aromatic rings. The van der Waals surface area contributed by atoms with Crippen molar-refractivity contribution in [2.45, 2.75) is 25.8 Å². The molecule has 0 aliphatic carbocycles. The van der Waals surface area contributed by atoms with Crippen LogP contribution < -0.4 is 5.32 Å². The third kappa shape index (κ3) is 2.42. The van der Waals surface area contributed by atoms with Gasteiger partial charge in [0.25, 0.3) is 6.02 Å². The normalized spacial score (nSPS) is 23.2. The Balaban J connectivity index is 2.16. The van der Waals surface area contributed by atoms with Gasteiger partial charge in [0, 0.05) is 10.7 Å². The molecule has 1 aliphatic rings. The highest BCUT2D eigenvalue weighted by Gasteiger charge is 2.40. The number of amidine groups is 1. The summed E-state index contributed by atoms with van der Waals surface area (Å²) < 4.78 is 5.07. The molecule has 1 atom stereocenters. The first kappa shape index (κ1) is 11.9. The molecule has 17 heavy (non-hydrogen) atoms. The zero-order valence-electron chi connectivity index (χ0n) is 9.66. The Morgan fingerprint density at radius 1 is 1.53 bits per heavy atom. The molecule has 0 saturated heterocycles. The highest BCUT2D eigenvalue weighted by molar-refractivity contribution is 6.30. The second-order valence-corrected chi connectivity index (χ2v) is 4.51. The summed E-state index contributed by atoms with van der Waals surface area (Å²) in [5, 5.41) is 3.53. The lowest BCUT2D eigenvalue weighted by molar-refractivity contribution is -0.138. The van der Waals surface area contributed by atoms with Gasteiger partial charge in [0.1, 0.15) is 0 Å². The van der Waals surface area contributed by atoms with Gasteiger partial charge in [-0.3, -0.25) is 0 Å². The number of nitrogens with zero attached hydrogens (tertiary/aromatic N) is 1. The Morgan fingerprint density at radius 2 is 2.29 bits per heavy atom. The fraction of sp³-hybridized carbons (Fsp3) is 0.333. The molecule has 0 fully saturated rings. The van der Waals surface area contributed by atoms with Crippen molar-refractivity contribution in [1.29, 1.82) is 0 Å². The van der Waals surface area contributed by atoms with E-state index >= 15 is 0 Å². The van der Waals surface area contributed by atoms with E-state index < -0.39 is 5.54 Å². The molecule has 0 amide bonds. The number of halogens is 1. The van der Waals surface area contributed by atoms with Crippen LogP contribution in [0.4, 0.5) is 5.69 Å². The van der Waals surface area contributed by atoms with Crippen LogP contribution in [0, 0.1) is 0 Å². The Labute approximate surface area is 105 Å². The quantitative estimate of drug-likeness (QED) is 0.824. The van der Waals surface area contributed by atoms with Gasteiger partial charge in [0.05, 0.1) is 0 Å². The lowest BCUT2D eigenvalue weighted by Gasteiger charge is -2.10. The molecule has 1 heterocycles. The molecule has 2 rings (SSSR count). The van der Waals surface area contributed by atoms with Crippen molar-refractivity contribution in [1.82, 2.24) is 0 Å². The second kappa shape index (κ2) is 4.37. The summed E-state index contributed by atoms with van der Waals surface area (Å²) in [6.07, 6.45) is 0.604. The van der Waals surface area contributed by atoms with E-state index in [-0.39, 0.29) is 12.0 Å². The molecule has 5 heteroatoms. The molecule has 0 radical (unpaired) electrons. The number of benzene rings is 1. The van der Waals surface area contributed by atoms with Crippen LogP contribution >= 0.6 is 11.6 Å². The molecule has 90 valence electrons. The maximum absolute atomic E-state index is 11.6. The number of hydrogen-bond acceptors (Lipinski definition) is 4. The van der Waals surface area contributed by atoms with E-state index in [0.717, 1.165) is 5.69 Å². The number of anilines is 1. The van der Waals surface area contributed by atoms with Crippen LogP contribution in [0.5, 0.6) is 0 Å². The first-order chi connectivity index (χ1) is 8.03. The average molecular weight is 253 g/mol. The van der Waals surface area contributed by atoms with Gasteiger partial charge in [0.2, 0.25) is 0 Å². The number of cyclic esters (lactones) is 1. The minimum Gasteiger partial charge on any atom is -0.391 e. The van der Waals surface area contributed by atoms with E-state index in [2.05, 4.69) is 10.3 Å². The van der Waals surface area contributed by atoms with Crippen molar-refractivity contribution in [2.24, 2.45) is 4.99 Å². The maximum atomic E-state index is 11.6. The van der Waals surface area contributed by atoms with E-state index in [0.29, 0.717) is 11.4 Å². The molecule has 0 aromatic heterocycles. The van der Waals surface area contributed by atoms with Crippen LogP contribution in [0.3, 0.4) is 0 Å². The zero-order chi connectivity index (χ0) is 12.5. The zero-order valence-corrected chi connectivity index (χ0v) is 10.4. The summed E-state index contributed by atoms with van der Waals surface area (Å²) in [6, 6.07) is 7.36. The summed E-state index contributed by atoms with van der Waals surface area (Å²) in [6.45, 7) is 3.65. The van der Waals surface area contributed by atoms with Gasteiger partial charge in [-0.05, 0) is 31.5 Å². The van der Waals surface area contributed by atoms with Gasteiger partial charge in [-0.15, -0.1) is 0 Å². The van der Waals surface area contributed by atoms with Crippen molar-refractivity contribution in [2.75, 3.05) is 5.32 Å². The van der Waals surface area contributed by atoms with Gasteiger partial charge >= 0.3 is 5.97 Å². The summed E-state index contributed by atoms with van der Waals surface area (Å²) in [7, 11) is 0. The molecular weight excluding hydrogens is 240 g/mol. The van der Waals surface area contributed by atoms with Gasteiger partial charge in [-0.1, -0.05) is 24.6 Å². The Morgan fingerprint density at radius 3 is 2.88 bits per heavy atom. The molecule has 1 aromatic carbocycles. The number of rotatable bonds is 2. The van der Waals surface area contributed by atoms with Gasteiger partial charge < -0.3 is 10.1 Å². The van der Waals surface area contributed by atoms with E-state index in [4.69, 9.17) is 16.3 Å². The van der Waals surface area contributed by atoms with Crippen LogP contribution in [0.15, 0.2) is 29.3 Å². The topological polar surface area (TPSA) is 50.7 Å². The van der Waals surface area contributed by atoms with E-state index in [9.17, 15) is 4.79 Å². The minimum atomic E-state index is -0.777. The van der Waals surface area contributed by atoms with E-state index in [1.807, 2.05) is 13.0 Å². The fourth-order valence-electron chi connectivity index (χ4n) is 1.46. The number of carbonyl (C=O) groups is 1. The molecular formula is C12H13ClN2O2. The van der Waals surface area contributed by atoms with Crippen molar-refractivity contribution < 1.29 is 9.53 Å². The molecule has 4 nitrogen and oxygen atoms in total.